The number of nitrogens with zero attached hydrogens (tertiary/aromatic N) is 7. The van der Waals surface area contributed by atoms with E-state index in [1.165, 1.54) is 58.5 Å². The summed E-state index contributed by atoms with van der Waals surface area (Å²) < 4.78 is 59.4. The predicted molar refractivity (Wildman–Crippen MR) is 130 cm³/mol. The Bertz CT molecular complexity index is 1340. The molecular weight excluding hydrogens is 529 g/mol. The fraction of sp³-hybridized carbons (Fsp3) is 0.545. The van der Waals surface area contributed by atoms with Gasteiger partial charge in [-0.05, 0) is 26.7 Å². The third kappa shape index (κ3) is 5.36. The van der Waals surface area contributed by atoms with Crippen molar-refractivity contribution in [3.8, 4) is 17.4 Å². The Morgan fingerprint density at radius 2 is 1.70 bits per heavy atom. The van der Waals surface area contributed by atoms with Crippen molar-refractivity contribution in [1.82, 2.24) is 34.7 Å². The number of ether oxygens (including phenoxy) is 3. The van der Waals surface area contributed by atoms with E-state index in [1.54, 1.807) is 0 Å². The first kappa shape index (κ1) is 27.1. The van der Waals surface area contributed by atoms with Crippen molar-refractivity contribution in [1.29, 1.82) is 0 Å². The minimum absolute atomic E-state index is 0.0626. The highest BCUT2D eigenvalue weighted by Crippen LogP contribution is 2.48. The van der Waals surface area contributed by atoms with Crippen molar-refractivity contribution in [2.24, 2.45) is 0 Å². The molecule has 1 aliphatic rings. The van der Waals surface area contributed by atoms with Gasteiger partial charge in [0.25, 0.3) is 0 Å². The number of aromatic nitrogens is 7. The molecule has 3 heterocycles. The van der Waals surface area contributed by atoms with Crippen molar-refractivity contribution in [2.75, 3.05) is 21.3 Å². The zero-order chi connectivity index (χ0) is 27.0. The number of rotatable bonds is 10. The lowest BCUT2D eigenvalue weighted by molar-refractivity contribution is 0.0574. The summed E-state index contributed by atoms with van der Waals surface area (Å²) in [5.74, 6) is -0.00858. The minimum Gasteiger partial charge on any atom is -0.479 e. The summed E-state index contributed by atoms with van der Waals surface area (Å²) in [6.45, 7) is 3.00. The van der Waals surface area contributed by atoms with E-state index in [4.69, 9.17) is 25.8 Å². The third-order valence-corrected chi connectivity index (χ3v) is 8.54. The molecule has 0 amide bonds. The predicted octanol–water partition coefficient (Wildman–Crippen LogP) is 2.81. The zero-order valence-electron chi connectivity index (χ0n) is 20.9. The molecule has 0 aliphatic heterocycles. The highest BCUT2D eigenvalue weighted by molar-refractivity contribution is 7.91. The molecule has 0 saturated heterocycles. The maximum Gasteiger partial charge on any atom is 0.245 e. The Kier molecular flexibility index (Phi) is 7.62. The molecule has 200 valence electrons. The second kappa shape index (κ2) is 10.4. The summed E-state index contributed by atoms with van der Waals surface area (Å²) in [7, 11) is 0.253. The summed E-state index contributed by atoms with van der Waals surface area (Å²) >= 11 is 5.87. The van der Waals surface area contributed by atoms with Crippen molar-refractivity contribution in [3.05, 3.63) is 41.2 Å². The van der Waals surface area contributed by atoms with E-state index in [0.29, 0.717) is 10.8 Å². The van der Waals surface area contributed by atoms with E-state index in [2.05, 4.69) is 30.1 Å². The van der Waals surface area contributed by atoms with Crippen LogP contribution in [-0.4, -0.2) is 75.4 Å². The number of sulfone groups is 1. The Morgan fingerprint density at radius 1 is 1.11 bits per heavy atom. The first-order valence-electron chi connectivity index (χ1n) is 11.3. The average molecular weight is 556 g/mol. The van der Waals surface area contributed by atoms with Gasteiger partial charge in [0, 0.05) is 25.4 Å². The van der Waals surface area contributed by atoms with Crippen LogP contribution in [0.2, 0.25) is 5.02 Å². The molecule has 0 N–H and O–H groups in total. The lowest BCUT2D eigenvalue weighted by Gasteiger charge is -2.38. The van der Waals surface area contributed by atoms with E-state index < -0.39 is 32.6 Å². The van der Waals surface area contributed by atoms with Crippen LogP contribution in [0, 0.1) is 0 Å². The Hall–Kier alpha value is -2.97. The highest BCUT2D eigenvalue weighted by Gasteiger charge is 2.45. The van der Waals surface area contributed by atoms with E-state index in [0.717, 1.165) is 0 Å². The monoisotopic (exact) mass is 555 g/mol. The maximum atomic E-state index is 14.4. The molecule has 0 radical (unpaired) electrons. The first-order chi connectivity index (χ1) is 17.5. The van der Waals surface area contributed by atoms with Gasteiger partial charge in [0.2, 0.25) is 11.8 Å². The largest absolute Gasteiger partial charge is 0.479 e. The average Bonchev–Trinajstić information content (AvgIpc) is 3.25. The van der Waals surface area contributed by atoms with Crippen LogP contribution in [0.25, 0.3) is 5.69 Å². The topological polar surface area (TPSA) is 144 Å². The van der Waals surface area contributed by atoms with Gasteiger partial charge < -0.3 is 14.2 Å². The van der Waals surface area contributed by atoms with Crippen LogP contribution >= 0.6 is 11.6 Å². The molecular formula is C22H27ClFN7O5S. The van der Waals surface area contributed by atoms with E-state index in [1.807, 2.05) is 0 Å². The van der Waals surface area contributed by atoms with Crippen LogP contribution in [0.5, 0.6) is 11.8 Å². The van der Waals surface area contributed by atoms with Gasteiger partial charge in [0.05, 0.1) is 24.5 Å². The van der Waals surface area contributed by atoms with Gasteiger partial charge in [-0.2, -0.15) is 9.97 Å². The summed E-state index contributed by atoms with van der Waals surface area (Å²) in [6.07, 6.45) is 3.41. The first-order valence-corrected chi connectivity index (χ1v) is 13.4. The molecule has 37 heavy (non-hydrogen) atoms. The lowest BCUT2D eigenvalue weighted by Crippen LogP contribution is -2.36. The van der Waals surface area contributed by atoms with E-state index in [9.17, 15) is 12.8 Å². The van der Waals surface area contributed by atoms with Crippen molar-refractivity contribution >= 4 is 21.4 Å². The van der Waals surface area contributed by atoms with E-state index in [-0.39, 0.29) is 47.9 Å². The maximum absolute atomic E-state index is 14.4. The molecule has 3 aromatic rings. The molecule has 0 unspecified atom stereocenters. The summed E-state index contributed by atoms with van der Waals surface area (Å²) in [6, 6.07) is 0. The van der Waals surface area contributed by atoms with Crippen LogP contribution in [0.4, 0.5) is 4.39 Å². The number of halogens is 2. The standard InChI is InChI=1S/C22H27ClFN7O5S/c1-12(17(34-3)18-25-8-14(23)9-26-18)37(32,33)10-15-29-30-19(13-6-22(2,24)7-13)31(15)16-20(35-4)27-11-28-21(16)36-5/h8-9,11-13,17H,6-7,10H2,1-5H3/t12-,13?,17-,22?/m0/s1. The molecule has 12 nitrogen and oxygen atoms in total. The molecule has 1 aliphatic carbocycles. The third-order valence-electron chi connectivity index (χ3n) is 6.30. The van der Waals surface area contributed by atoms with Crippen LogP contribution < -0.4 is 9.47 Å². The number of methoxy groups -OCH3 is 3. The summed E-state index contributed by atoms with van der Waals surface area (Å²) in [4.78, 5) is 16.5. The van der Waals surface area contributed by atoms with Crippen molar-refractivity contribution < 1.29 is 27.0 Å². The number of hydrogen-bond donors (Lipinski definition) is 0. The van der Waals surface area contributed by atoms with Gasteiger partial charge in [-0.15, -0.1) is 10.2 Å². The van der Waals surface area contributed by atoms with Crippen molar-refractivity contribution in [2.45, 2.75) is 55.4 Å². The van der Waals surface area contributed by atoms with Gasteiger partial charge in [0.15, 0.2) is 27.2 Å². The van der Waals surface area contributed by atoms with Crippen LogP contribution in [0.1, 0.15) is 56.2 Å². The number of alkyl halides is 1. The van der Waals surface area contributed by atoms with Crippen LogP contribution in [0.3, 0.4) is 0 Å². The fourth-order valence-corrected chi connectivity index (χ4v) is 5.91. The SMILES string of the molecule is COc1ncnc(OC)c1-n1c(CS(=O)(=O)[C@@H](C)[C@H](OC)c2ncc(Cl)cn2)nnc1C1CC(C)(F)C1. The normalized spacial score (nSPS) is 21.2. The van der Waals surface area contributed by atoms with Crippen molar-refractivity contribution in [3.63, 3.8) is 0 Å². The van der Waals surface area contributed by atoms with Gasteiger partial charge in [-0.25, -0.2) is 22.8 Å². The van der Waals surface area contributed by atoms with Gasteiger partial charge in [0.1, 0.15) is 29.7 Å². The molecule has 1 saturated carbocycles. The quantitative estimate of drug-likeness (QED) is 0.364. The Morgan fingerprint density at radius 3 is 2.22 bits per heavy atom. The van der Waals surface area contributed by atoms with E-state index >= 15 is 0 Å². The van der Waals surface area contributed by atoms with Gasteiger partial charge in [-0.1, -0.05) is 11.6 Å². The number of hydrogen-bond acceptors (Lipinski definition) is 11. The summed E-state index contributed by atoms with van der Waals surface area (Å²) in [5.41, 5.74) is -1.13. The van der Waals surface area contributed by atoms with Gasteiger partial charge in [-0.3, -0.25) is 4.57 Å². The molecule has 2 atom stereocenters. The molecule has 1 fully saturated rings. The fourth-order valence-electron chi connectivity index (χ4n) is 4.40. The van der Waals surface area contributed by atoms with Crippen LogP contribution in [0.15, 0.2) is 18.7 Å². The smallest absolute Gasteiger partial charge is 0.245 e. The molecule has 0 aromatic carbocycles. The highest BCUT2D eigenvalue weighted by atomic mass is 35.5. The molecule has 0 bridgehead atoms. The molecule has 4 rings (SSSR count). The zero-order valence-corrected chi connectivity index (χ0v) is 22.5. The summed E-state index contributed by atoms with van der Waals surface area (Å²) in [5, 5.41) is 7.68. The Balaban J connectivity index is 1.77. The lowest BCUT2D eigenvalue weighted by atomic mass is 9.73. The van der Waals surface area contributed by atoms with Crippen LogP contribution in [-0.2, 0) is 20.3 Å². The van der Waals surface area contributed by atoms with Gasteiger partial charge >= 0.3 is 0 Å². The molecule has 0 spiro atoms. The molecule has 15 heteroatoms. The minimum atomic E-state index is -3.93. The molecule has 3 aromatic heterocycles. The Labute approximate surface area is 218 Å². The second-order valence-corrected chi connectivity index (χ2v) is 11.8. The second-order valence-electron chi connectivity index (χ2n) is 9.00.